The molecule has 0 aliphatic rings. The third kappa shape index (κ3) is 13.4. The average Bonchev–Trinajstić information content (AvgIpc) is 2.96. The van der Waals surface area contributed by atoms with Crippen LogP contribution in [0.1, 0.15) is 80.7 Å². The van der Waals surface area contributed by atoms with Crippen LogP contribution in [0.25, 0.3) is 0 Å². The molecule has 0 saturated heterocycles. The van der Waals surface area contributed by atoms with Gasteiger partial charge in [0.1, 0.15) is 11.6 Å². The lowest BCUT2D eigenvalue weighted by atomic mass is 10.1. The molecule has 7 heteroatoms. The predicted octanol–water partition coefficient (Wildman–Crippen LogP) is 8.43. The third-order valence-corrected chi connectivity index (χ3v) is 5.73. The van der Waals surface area contributed by atoms with Crippen LogP contribution in [0.15, 0.2) is 71.9 Å². The third-order valence-electron chi connectivity index (χ3n) is 5.73. The Morgan fingerprint density at radius 1 is 1.13 bits per heavy atom. The number of hydrogen-bond donors (Lipinski definition) is 1. The lowest BCUT2D eigenvalue weighted by Crippen LogP contribution is -2.36. The summed E-state index contributed by atoms with van der Waals surface area (Å²) >= 11 is 0. The van der Waals surface area contributed by atoms with E-state index >= 15 is 0 Å². The van der Waals surface area contributed by atoms with Gasteiger partial charge in [0.15, 0.2) is 5.82 Å². The van der Waals surface area contributed by atoms with Gasteiger partial charge in [-0.2, -0.15) is 0 Å². The molecule has 0 aromatic heterocycles. The van der Waals surface area contributed by atoms with Crippen LogP contribution in [0, 0.1) is 23.5 Å². The van der Waals surface area contributed by atoms with Crippen LogP contribution < -0.4 is 5.32 Å². The first kappa shape index (κ1) is 37.9. The fourth-order valence-electron chi connectivity index (χ4n) is 3.19. The molecule has 0 fully saturated rings. The normalized spacial score (nSPS) is 11.8. The molecular weight excluding hydrogens is 494 g/mol. The number of carbonyl (C=O) groups excluding carboxylic acids is 1. The summed E-state index contributed by atoms with van der Waals surface area (Å²) in [6, 6.07) is 3.25. The quantitative estimate of drug-likeness (QED) is 0.177. The number of amides is 1. The van der Waals surface area contributed by atoms with E-state index in [9.17, 15) is 13.6 Å². The van der Waals surface area contributed by atoms with E-state index in [0.29, 0.717) is 24.0 Å². The molecule has 0 radical (unpaired) electrons. The Morgan fingerprint density at radius 2 is 1.74 bits per heavy atom. The SMILES string of the molecule is C=C/C(NCCN(Cc1cc(F)ccc1F)C(=O)CC)=C(\N=C)N(/C=C\C(C)CC)C(=C)C(C)C.CC.CC. The maximum absolute atomic E-state index is 14.2. The van der Waals surface area contributed by atoms with E-state index in [1.807, 2.05) is 52.6 Å². The molecule has 1 atom stereocenters. The Kier molecular flexibility index (Phi) is 21.1. The standard InChI is InChI=1S/C28H40F2N4O.2C2H6/c1-9-21(6)14-16-34(22(7)20(4)5)28(31-8)26(10-2)32-15-17-33(27(35)11-3)19-23-18-24(29)12-13-25(23)30;2*1-2/h10,12-14,16,18,20-21,32H,2,7-9,11,15,17,19H2,1,3-6H3;2*1-2H3/b16-14-,28-26-;;. The molecule has 0 aliphatic heterocycles. The van der Waals surface area contributed by atoms with Crippen molar-refractivity contribution in [1.29, 1.82) is 0 Å². The van der Waals surface area contributed by atoms with Crippen molar-refractivity contribution in [2.45, 2.75) is 81.7 Å². The molecule has 1 unspecified atom stereocenters. The largest absolute Gasteiger partial charge is 0.380 e. The van der Waals surface area contributed by atoms with Gasteiger partial charge in [-0.25, -0.2) is 13.8 Å². The molecule has 0 bridgehead atoms. The average molecular weight is 547 g/mol. The van der Waals surface area contributed by atoms with Crippen molar-refractivity contribution in [3.8, 4) is 0 Å². The molecule has 39 heavy (non-hydrogen) atoms. The van der Waals surface area contributed by atoms with E-state index in [1.165, 1.54) is 4.90 Å². The maximum atomic E-state index is 14.2. The highest BCUT2D eigenvalue weighted by Crippen LogP contribution is 2.23. The Balaban J connectivity index is 0. The summed E-state index contributed by atoms with van der Waals surface area (Å²) in [5.41, 5.74) is 1.60. The number of benzene rings is 1. The maximum Gasteiger partial charge on any atom is 0.222 e. The van der Waals surface area contributed by atoms with E-state index in [2.05, 4.69) is 50.1 Å². The summed E-state index contributed by atoms with van der Waals surface area (Å²) in [7, 11) is 0. The lowest BCUT2D eigenvalue weighted by Gasteiger charge is -2.28. The van der Waals surface area contributed by atoms with E-state index in [-0.39, 0.29) is 36.9 Å². The van der Waals surface area contributed by atoms with Crippen LogP contribution in [-0.4, -0.2) is 35.5 Å². The topological polar surface area (TPSA) is 47.9 Å². The minimum Gasteiger partial charge on any atom is -0.380 e. The lowest BCUT2D eigenvalue weighted by molar-refractivity contribution is -0.131. The van der Waals surface area contributed by atoms with Crippen molar-refractivity contribution in [1.82, 2.24) is 15.1 Å². The molecule has 5 nitrogen and oxygen atoms in total. The fraction of sp³-hybridized carbons (Fsp3) is 0.500. The van der Waals surface area contributed by atoms with Crippen molar-refractivity contribution in [3.05, 3.63) is 84.1 Å². The number of halogens is 2. The van der Waals surface area contributed by atoms with Gasteiger partial charge in [0, 0.05) is 43.5 Å². The zero-order valence-corrected chi connectivity index (χ0v) is 25.8. The smallest absolute Gasteiger partial charge is 0.222 e. The molecule has 0 saturated carbocycles. The number of nitrogens with one attached hydrogen (secondary N) is 1. The van der Waals surface area contributed by atoms with Gasteiger partial charge >= 0.3 is 0 Å². The summed E-state index contributed by atoms with van der Waals surface area (Å²) in [5, 5.41) is 3.27. The second-order valence-corrected chi connectivity index (χ2v) is 8.67. The molecule has 1 rings (SSSR count). The molecule has 1 aromatic carbocycles. The van der Waals surface area contributed by atoms with Crippen LogP contribution in [0.3, 0.4) is 0 Å². The Labute approximate surface area is 237 Å². The molecule has 1 amide bonds. The van der Waals surface area contributed by atoms with Gasteiger partial charge in [0.05, 0.1) is 5.70 Å². The van der Waals surface area contributed by atoms with Crippen molar-refractivity contribution < 1.29 is 13.6 Å². The van der Waals surface area contributed by atoms with Gasteiger partial charge in [-0.1, -0.05) is 88.0 Å². The van der Waals surface area contributed by atoms with Crippen LogP contribution in [-0.2, 0) is 11.3 Å². The molecule has 0 aliphatic carbocycles. The summed E-state index contributed by atoms with van der Waals surface area (Å²) in [6.07, 6.45) is 6.93. The van der Waals surface area contributed by atoms with Gasteiger partial charge in [-0.05, 0) is 42.8 Å². The second kappa shape index (κ2) is 21.7. The highest BCUT2D eigenvalue weighted by Gasteiger charge is 2.18. The first-order valence-electron chi connectivity index (χ1n) is 14.0. The van der Waals surface area contributed by atoms with Crippen LogP contribution in [0.5, 0.6) is 0 Å². The van der Waals surface area contributed by atoms with Gasteiger partial charge in [0.25, 0.3) is 0 Å². The number of hydrogen-bond acceptors (Lipinski definition) is 4. The van der Waals surface area contributed by atoms with Crippen molar-refractivity contribution in [2.75, 3.05) is 13.1 Å². The summed E-state index contributed by atoms with van der Waals surface area (Å²) < 4.78 is 27.8. The number of allylic oxidation sites excluding steroid dienone is 3. The second-order valence-electron chi connectivity index (χ2n) is 8.67. The zero-order valence-electron chi connectivity index (χ0n) is 25.8. The molecule has 0 spiro atoms. The summed E-state index contributed by atoms with van der Waals surface area (Å²) in [6.45, 7) is 30.6. The molecule has 0 heterocycles. The van der Waals surface area contributed by atoms with E-state index in [0.717, 1.165) is 30.3 Å². The van der Waals surface area contributed by atoms with Gasteiger partial charge in [0.2, 0.25) is 5.91 Å². The van der Waals surface area contributed by atoms with Crippen molar-refractivity contribution >= 4 is 12.6 Å². The molecule has 1 aromatic rings. The number of nitrogens with zero attached hydrogens (tertiary/aromatic N) is 3. The van der Waals surface area contributed by atoms with Crippen LogP contribution in [0.2, 0.25) is 0 Å². The fourth-order valence-corrected chi connectivity index (χ4v) is 3.19. The number of carbonyl (C=O) groups is 1. The minimum absolute atomic E-state index is 0.0222. The van der Waals surface area contributed by atoms with Crippen LogP contribution >= 0.6 is 0 Å². The van der Waals surface area contributed by atoms with Crippen molar-refractivity contribution in [3.63, 3.8) is 0 Å². The number of aliphatic imine (C=N–C) groups is 1. The molecular formula is C32H52F2N4O. The van der Waals surface area contributed by atoms with Gasteiger partial charge in [-0.15, -0.1) is 0 Å². The van der Waals surface area contributed by atoms with Crippen LogP contribution in [0.4, 0.5) is 8.78 Å². The van der Waals surface area contributed by atoms with Gasteiger partial charge in [-0.3, -0.25) is 4.79 Å². The van der Waals surface area contributed by atoms with Crippen molar-refractivity contribution in [2.24, 2.45) is 16.8 Å². The Morgan fingerprint density at radius 3 is 2.23 bits per heavy atom. The Bertz CT molecular complexity index is 953. The summed E-state index contributed by atoms with van der Waals surface area (Å²) in [5.74, 6) is -0.165. The first-order chi connectivity index (χ1) is 18.6. The predicted molar refractivity (Wildman–Crippen MR) is 164 cm³/mol. The Hall–Kier alpha value is -3.22. The van der Waals surface area contributed by atoms with E-state index in [4.69, 9.17) is 0 Å². The highest BCUT2D eigenvalue weighted by atomic mass is 19.1. The molecule has 220 valence electrons. The zero-order chi connectivity index (χ0) is 30.5. The van der Waals surface area contributed by atoms with Gasteiger partial charge < -0.3 is 15.1 Å². The highest BCUT2D eigenvalue weighted by molar-refractivity contribution is 5.75. The van der Waals surface area contributed by atoms with E-state index < -0.39 is 11.6 Å². The monoisotopic (exact) mass is 546 g/mol. The van der Waals surface area contributed by atoms with E-state index in [1.54, 1.807) is 13.0 Å². The summed E-state index contributed by atoms with van der Waals surface area (Å²) in [4.78, 5) is 20.1. The first-order valence-corrected chi connectivity index (χ1v) is 14.0. The number of rotatable bonds is 15. The minimum atomic E-state index is -0.547. The molecule has 1 N–H and O–H groups in total.